The van der Waals surface area contributed by atoms with Gasteiger partial charge in [0.25, 0.3) is 0 Å². The molecule has 0 aliphatic rings. The minimum Gasteiger partial charge on any atom is -0.486 e. The maximum absolute atomic E-state index is 11.6. The molecule has 17 heavy (non-hydrogen) atoms. The molecule has 0 aliphatic carbocycles. The van der Waals surface area contributed by atoms with Gasteiger partial charge in [-0.25, -0.2) is 0 Å². The van der Waals surface area contributed by atoms with E-state index in [1.807, 2.05) is 45.0 Å². The molecule has 0 fully saturated rings. The average molecular weight is 236 g/mol. The summed E-state index contributed by atoms with van der Waals surface area (Å²) in [7, 11) is 0. The third kappa shape index (κ3) is 4.57. The lowest BCUT2D eigenvalue weighted by Crippen LogP contribution is -2.26. The van der Waals surface area contributed by atoms with Crippen molar-refractivity contribution in [3.63, 3.8) is 0 Å². The lowest BCUT2D eigenvalue weighted by Gasteiger charge is -2.16. The smallest absolute Gasteiger partial charge is 0.175 e. The van der Waals surface area contributed by atoms with Crippen LogP contribution >= 0.6 is 0 Å². The summed E-state index contributed by atoms with van der Waals surface area (Å²) >= 11 is 0. The first kappa shape index (κ1) is 13.7. The Morgan fingerprint density at radius 3 is 2.29 bits per heavy atom. The molecule has 3 nitrogen and oxygen atoms in total. The summed E-state index contributed by atoms with van der Waals surface area (Å²) in [5, 5.41) is 8.78. The van der Waals surface area contributed by atoms with Crippen molar-refractivity contribution in [1.82, 2.24) is 0 Å². The van der Waals surface area contributed by atoms with Crippen LogP contribution < -0.4 is 4.74 Å². The van der Waals surface area contributed by atoms with Crippen LogP contribution in [0.3, 0.4) is 0 Å². The Balaban J connectivity index is 2.50. The maximum Gasteiger partial charge on any atom is 0.175 e. The van der Waals surface area contributed by atoms with Crippen molar-refractivity contribution in [2.45, 2.75) is 27.2 Å². The molecular formula is C14H20O3. The number of aliphatic hydroxyl groups is 1. The van der Waals surface area contributed by atoms with Crippen LogP contribution in [0, 0.1) is 5.41 Å². The number of hydrogen-bond donors (Lipinski definition) is 1. The molecule has 94 valence electrons. The number of rotatable bonds is 5. The van der Waals surface area contributed by atoms with Crippen LogP contribution in [0.1, 0.15) is 26.3 Å². The van der Waals surface area contributed by atoms with Gasteiger partial charge in [0.05, 0.1) is 0 Å². The lowest BCUT2D eigenvalue weighted by atomic mass is 9.91. The standard InChI is InChI=1S/C14H20O3/c1-14(2,3)13(16)10-17-12-6-4-11(5-7-12)8-9-15/h4-7,15H,8-10H2,1-3H3. The summed E-state index contributed by atoms with van der Waals surface area (Å²) < 4.78 is 5.42. The monoisotopic (exact) mass is 236 g/mol. The highest BCUT2D eigenvalue weighted by Gasteiger charge is 2.21. The van der Waals surface area contributed by atoms with E-state index >= 15 is 0 Å². The SMILES string of the molecule is CC(C)(C)C(=O)COc1ccc(CCO)cc1. The van der Waals surface area contributed by atoms with Crippen molar-refractivity contribution in [3.8, 4) is 5.75 Å². The number of Topliss-reactive ketones (excluding diaryl/α,β-unsaturated/α-hetero) is 1. The molecule has 3 heteroatoms. The fourth-order valence-electron chi connectivity index (χ4n) is 1.25. The first-order valence-corrected chi connectivity index (χ1v) is 5.79. The minimum absolute atomic E-state index is 0.0805. The van der Waals surface area contributed by atoms with Crippen LogP contribution in [-0.2, 0) is 11.2 Å². The van der Waals surface area contributed by atoms with E-state index in [4.69, 9.17) is 9.84 Å². The number of carbonyl (C=O) groups excluding carboxylic acids is 1. The normalized spacial score (nSPS) is 11.3. The van der Waals surface area contributed by atoms with Gasteiger partial charge < -0.3 is 9.84 Å². The fraction of sp³-hybridized carbons (Fsp3) is 0.500. The van der Waals surface area contributed by atoms with Crippen LogP contribution in [0.25, 0.3) is 0 Å². The molecule has 0 atom stereocenters. The molecule has 1 rings (SSSR count). The quantitative estimate of drug-likeness (QED) is 0.852. The van der Waals surface area contributed by atoms with Gasteiger partial charge in [-0.3, -0.25) is 4.79 Å². The lowest BCUT2D eigenvalue weighted by molar-refractivity contribution is -0.128. The van der Waals surface area contributed by atoms with Crippen molar-refractivity contribution in [1.29, 1.82) is 0 Å². The van der Waals surface area contributed by atoms with Gasteiger partial charge in [-0.05, 0) is 24.1 Å². The van der Waals surface area contributed by atoms with Crippen LogP contribution in [0.4, 0.5) is 0 Å². The van der Waals surface area contributed by atoms with Gasteiger partial charge in [0, 0.05) is 12.0 Å². The predicted molar refractivity (Wildman–Crippen MR) is 67.2 cm³/mol. The molecule has 1 N–H and O–H groups in total. The van der Waals surface area contributed by atoms with E-state index in [0.717, 1.165) is 5.56 Å². The molecule has 0 amide bonds. The first-order chi connectivity index (χ1) is 7.93. The summed E-state index contributed by atoms with van der Waals surface area (Å²) in [6, 6.07) is 7.43. The van der Waals surface area contributed by atoms with Gasteiger partial charge in [0.2, 0.25) is 0 Å². The predicted octanol–water partition coefficient (Wildman–Crippen LogP) is 2.22. The van der Waals surface area contributed by atoms with E-state index in [1.165, 1.54) is 0 Å². The number of hydrogen-bond acceptors (Lipinski definition) is 3. The number of benzene rings is 1. The molecule has 1 aromatic rings. The largest absolute Gasteiger partial charge is 0.486 e. The number of aliphatic hydroxyl groups excluding tert-OH is 1. The van der Waals surface area contributed by atoms with E-state index in [2.05, 4.69) is 0 Å². The van der Waals surface area contributed by atoms with Gasteiger partial charge in [-0.1, -0.05) is 32.9 Å². The zero-order valence-electron chi connectivity index (χ0n) is 10.7. The van der Waals surface area contributed by atoms with Gasteiger partial charge in [0.1, 0.15) is 12.4 Å². The fourth-order valence-corrected chi connectivity index (χ4v) is 1.25. The van der Waals surface area contributed by atoms with E-state index in [-0.39, 0.29) is 24.4 Å². The Hall–Kier alpha value is -1.35. The second kappa shape index (κ2) is 5.82. The molecule has 0 radical (unpaired) electrons. The topological polar surface area (TPSA) is 46.5 Å². The van der Waals surface area contributed by atoms with Crippen molar-refractivity contribution < 1.29 is 14.6 Å². The van der Waals surface area contributed by atoms with Crippen LogP contribution in [0.15, 0.2) is 24.3 Å². The van der Waals surface area contributed by atoms with Crippen LogP contribution in [0.5, 0.6) is 5.75 Å². The molecule has 0 saturated carbocycles. The molecule has 0 aliphatic heterocycles. The van der Waals surface area contributed by atoms with Gasteiger partial charge >= 0.3 is 0 Å². The van der Waals surface area contributed by atoms with Crippen LogP contribution in [-0.4, -0.2) is 24.1 Å². The average Bonchev–Trinajstić information content (AvgIpc) is 2.27. The third-order valence-corrected chi connectivity index (χ3v) is 2.53. The Kier molecular flexibility index (Phi) is 4.70. The van der Waals surface area contributed by atoms with E-state index < -0.39 is 0 Å². The zero-order valence-corrected chi connectivity index (χ0v) is 10.7. The molecular weight excluding hydrogens is 216 g/mol. The summed E-state index contributed by atoms with van der Waals surface area (Å²) in [4.78, 5) is 11.6. The summed E-state index contributed by atoms with van der Waals surface area (Å²) in [5.74, 6) is 0.765. The summed E-state index contributed by atoms with van der Waals surface area (Å²) in [5.41, 5.74) is 0.693. The molecule has 0 spiro atoms. The summed E-state index contributed by atoms with van der Waals surface area (Å²) in [6.07, 6.45) is 0.640. The van der Waals surface area contributed by atoms with Crippen LogP contribution in [0.2, 0.25) is 0 Å². The van der Waals surface area contributed by atoms with E-state index in [9.17, 15) is 4.79 Å². The molecule has 0 unspecified atom stereocenters. The third-order valence-electron chi connectivity index (χ3n) is 2.53. The second-order valence-corrected chi connectivity index (χ2v) is 5.08. The highest BCUT2D eigenvalue weighted by molar-refractivity contribution is 5.85. The molecule has 0 saturated heterocycles. The molecule has 0 bridgehead atoms. The van der Waals surface area contributed by atoms with Crippen molar-refractivity contribution in [3.05, 3.63) is 29.8 Å². The maximum atomic E-state index is 11.6. The Bertz CT molecular complexity index is 360. The number of ketones is 1. The van der Waals surface area contributed by atoms with Gasteiger partial charge in [-0.15, -0.1) is 0 Å². The second-order valence-electron chi connectivity index (χ2n) is 5.08. The van der Waals surface area contributed by atoms with Crippen molar-refractivity contribution in [2.24, 2.45) is 5.41 Å². The molecule has 1 aromatic carbocycles. The highest BCUT2D eigenvalue weighted by Crippen LogP contribution is 2.17. The first-order valence-electron chi connectivity index (χ1n) is 5.79. The Morgan fingerprint density at radius 2 is 1.82 bits per heavy atom. The number of ether oxygens (including phenoxy) is 1. The van der Waals surface area contributed by atoms with Gasteiger partial charge in [-0.2, -0.15) is 0 Å². The zero-order chi connectivity index (χ0) is 12.9. The van der Waals surface area contributed by atoms with E-state index in [0.29, 0.717) is 12.2 Å². The summed E-state index contributed by atoms with van der Waals surface area (Å²) in [6.45, 7) is 5.88. The van der Waals surface area contributed by atoms with Crippen molar-refractivity contribution in [2.75, 3.05) is 13.2 Å². The van der Waals surface area contributed by atoms with E-state index in [1.54, 1.807) is 0 Å². The molecule has 0 heterocycles. The highest BCUT2D eigenvalue weighted by atomic mass is 16.5. The molecule has 0 aromatic heterocycles. The Morgan fingerprint density at radius 1 is 1.24 bits per heavy atom. The van der Waals surface area contributed by atoms with Crippen molar-refractivity contribution >= 4 is 5.78 Å². The van der Waals surface area contributed by atoms with Gasteiger partial charge in [0.15, 0.2) is 5.78 Å². The number of carbonyl (C=O) groups is 1. The minimum atomic E-state index is -0.364. The Labute approximate surface area is 102 Å².